The van der Waals surface area contributed by atoms with Crippen LogP contribution in [-0.4, -0.2) is 25.2 Å². The molecule has 0 saturated heterocycles. The normalized spacial score (nSPS) is 13.0. The van der Waals surface area contributed by atoms with Crippen molar-refractivity contribution >= 4 is 0 Å². The Kier molecular flexibility index (Phi) is 2.28. The van der Waals surface area contributed by atoms with Crippen LogP contribution in [0.1, 0.15) is 17.3 Å². The van der Waals surface area contributed by atoms with Gasteiger partial charge in [0.05, 0.1) is 24.1 Å². The Labute approximate surface area is 81.1 Å². The van der Waals surface area contributed by atoms with Crippen LogP contribution >= 0.6 is 0 Å². The minimum Gasteiger partial charge on any atom is -0.322 e. The SMILES string of the molecule is Cn1cc(CC(N)c2cn[nH]n2)cn1. The number of rotatable bonds is 3. The average molecular weight is 192 g/mol. The molecule has 1 unspecified atom stereocenters. The number of nitrogens with two attached hydrogens (primary N) is 1. The Morgan fingerprint density at radius 3 is 3.00 bits per heavy atom. The molecule has 0 aromatic carbocycles. The molecular formula is C8H12N6. The monoisotopic (exact) mass is 192 g/mol. The zero-order chi connectivity index (χ0) is 9.97. The highest BCUT2D eigenvalue weighted by molar-refractivity contribution is 5.10. The van der Waals surface area contributed by atoms with Gasteiger partial charge in [-0.2, -0.15) is 20.5 Å². The fraction of sp³-hybridized carbons (Fsp3) is 0.375. The molecule has 3 N–H and O–H groups in total. The number of hydrogen-bond acceptors (Lipinski definition) is 4. The molecule has 2 aromatic rings. The fourth-order valence-corrected chi connectivity index (χ4v) is 1.32. The van der Waals surface area contributed by atoms with E-state index in [9.17, 15) is 0 Å². The molecule has 0 aliphatic carbocycles. The van der Waals surface area contributed by atoms with Crippen molar-refractivity contribution in [2.45, 2.75) is 12.5 Å². The summed E-state index contributed by atoms with van der Waals surface area (Å²) in [6, 6.07) is -0.127. The maximum Gasteiger partial charge on any atom is 0.0995 e. The van der Waals surface area contributed by atoms with Gasteiger partial charge in [0.1, 0.15) is 0 Å². The second-order valence-electron chi connectivity index (χ2n) is 3.23. The highest BCUT2D eigenvalue weighted by atomic mass is 15.3. The Bertz CT molecular complexity index is 390. The van der Waals surface area contributed by atoms with E-state index in [0.717, 1.165) is 17.7 Å². The third-order valence-electron chi connectivity index (χ3n) is 2.03. The molecule has 0 fully saturated rings. The minimum absolute atomic E-state index is 0.127. The molecule has 6 heteroatoms. The highest BCUT2D eigenvalue weighted by Gasteiger charge is 2.10. The lowest BCUT2D eigenvalue weighted by Gasteiger charge is -2.04. The number of aromatic amines is 1. The van der Waals surface area contributed by atoms with Crippen molar-refractivity contribution in [2.24, 2.45) is 12.8 Å². The summed E-state index contributed by atoms with van der Waals surface area (Å²) in [6.45, 7) is 0. The molecule has 1 atom stereocenters. The standard InChI is InChI=1S/C8H12N6/c1-14-5-6(3-11-14)2-7(9)8-4-10-13-12-8/h3-5,7H,2,9H2,1H3,(H,10,12,13). The summed E-state index contributed by atoms with van der Waals surface area (Å²) >= 11 is 0. The second-order valence-corrected chi connectivity index (χ2v) is 3.23. The maximum absolute atomic E-state index is 5.92. The van der Waals surface area contributed by atoms with E-state index in [0.29, 0.717) is 0 Å². The van der Waals surface area contributed by atoms with E-state index in [1.165, 1.54) is 0 Å². The van der Waals surface area contributed by atoms with E-state index >= 15 is 0 Å². The van der Waals surface area contributed by atoms with Crippen molar-refractivity contribution in [3.63, 3.8) is 0 Å². The molecule has 0 amide bonds. The van der Waals surface area contributed by atoms with Crippen LogP contribution < -0.4 is 5.73 Å². The molecule has 2 aromatic heterocycles. The van der Waals surface area contributed by atoms with Gasteiger partial charge in [-0.25, -0.2) is 0 Å². The second kappa shape index (κ2) is 3.59. The number of aryl methyl sites for hydroxylation is 1. The van der Waals surface area contributed by atoms with Crippen LogP contribution in [0, 0.1) is 0 Å². The van der Waals surface area contributed by atoms with E-state index < -0.39 is 0 Å². The first-order valence-electron chi connectivity index (χ1n) is 4.34. The molecule has 74 valence electrons. The fourth-order valence-electron chi connectivity index (χ4n) is 1.32. The molecule has 0 aliphatic heterocycles. The number of aromatic nitrogens is 5. The van der Waals surface area contributed by atoms with Gasteiger partial charge in [-0.3, -0.25) is 4.68 Å². The number of hydrogen-bond donors (Lipinski definition) is 2. The molecule has 0 spiro atoms. The summed E-state index contributed by atoms with van der Waals surface area (Å²) in [5.74, 6) is 0. The quantitative estimate of drug-likeness (QED) is 0.704. The van der Waals surface area contributed by atoms with Crippen LogP contribution in [0.5, 0.6) is 0 Å². The van der Waals surface area contributed by atoms with Gasteiger partial charge in [-0.15, -0.1) is 0 Å². The van der Waals surface area contributed by atoms with Crippen LogP contribution in [0.2, 0.25) is 0 Å². The highest BCUT2D eigenvalue weighted by Crippen LogP contribution is 2.11. The van der Waals surface area contributed by atoms with Gasteiger partial charge in [0.25, 0.3) is 0 Å². The van der Waals surface area contributed by atoms with E-state index in [2.05, 4.69) is 20.5 Å². The van der Waals surface area contributed by atoms with E-state index in [4.69, 9.17) is 5.73 Å². The molecule has 14 heavy (non-hydrogen) atoms. The van der Waals surface area contributed by atoms with Crippen molar-refractivity contribution in [1.82, 2.24) is 25.2 Å². The van der Waals surface area contributed by atoms with Gasteiger partial charge in [0, 0.05) is 13.2 Å². The Balaban J connectivity index is 2.05. The molecule has 6 nitrogen and oxygen atoms in total. The third kappa shape index (κ3) is 1.80. The van der Waals surface area contributed by atoms with Crippen molar-refractivity contribution in [3.8, 4) is 0 Å². The Morgan fingerprint density at radius 1 is 1.57 bits per heavy atom. The first-order valence-corrected chi connectivity index (χ1v) is 4.34. The maximum atomic E-state index is 5.92. The third-order valence-corrected chi connectivity index (χ3v) is 2.03. The largest absolute Gasteiger partial charge is 0.322 e. The Morgan fingerprint density at radius 2 is 2.43 bits per heavy atom. The van der Waals surface area contributed by atoms with Crippen molar-refractivity contribution in [2.75, 3.05) is 0 Å². The summed E-state index contributed by atoms with van der Waals surface area (Å²) < 4.78 is 1.75. The smallest absolute Gasteiger partial charge is 0.0995 e. The summed E-state index contributed by atoms with van der Waals surface area (Å²) in [7, 11) is 1.88. The molecule has 0 bridgehead atoms. The first-order chi connectivity index (χ1) is 6.75. The van der Waals surface area contributed by atoms with Crippen LogP contribution in [-0.2, 0) is 13.5 Å². The zero-order valence-electron chi connectivity index (χ0n) is 7.88. The molecule has 2 rings (SSSR count). The van der Waals surface area contributed by atoms with Crippen LogP contribution in [0.3, 0.4) is 0 Å². The predicted molar refractivity (Wildman–Crippen MR) is 50.2 cm³/mol. The molecular weight excluding hydrogens is 180 g/mol. The minimum atomic E-state index is -0.127. The van der Waals surface area contributed by atoms with Gasteiger partial charge in [-0.1, -0.05) is 0 Å². The van der Waals surface area contributed by atoms with Gasteiger partial charge in [0.15, 0.2) is 0 Å². The van der Waals surface area contributed by atoms with Gasteiger partial charge >= 0.3 is 0 Å². The van der Waals surface area contributed by atoms with Gasteiger partial charge in [0.2, 0.25) is 0 Å². The number of nitrogens with one attached hydrogen (secondary N) is 1. The molecule has 0 aliphatic rings. The average Bonchev–Trinajstić information content (AvgIpc) is 2.75. The van der Waals surface area contributed by atoms with E-state index in [-0.39, 0.29) is 6.04 Å². The van der Waals surface area contributed by atoms with Gasteiger partial charge in [-0.05, 0) is 12.0 Å². The summed E-state index contributed by atoms with van der Waals surface area (Å²) in [5, 5.41) is 14.3. The van der Waals surface area contributed by atoms with Crippen molar-refractivity contribution in [1.29, 1.82) is 0 Å². The van der Waals surface area contributed by atoms with Crippen molar-refractivity contribution < 1.29 is 0 Å². The number of H-pyrrole nitrogens is 1. The van der Waals surface area contributed by atoms with Crippen LogP contribution in [0.25, 0.3) is 0 Å². The predicted octanol–water partition coefficient (Wildman–Crippen LogP) is -0.219. The first kappa shape index (κ1) is 8.89. The molecule has 2 heterocycles. The van der Waals surface area contributed by atoms with E-state index in [1.54, 1.807) is 17.1 Å². The van der Waals surface area contributed by atoms with Crippen LogP contribution in [0.4, 0.5) is 0 Å². The topological polar surface area (TPSA) is 85.4 Å². The van der Waals surface area contributed by atoms with Gasteiger partial charge < -0.3 is 5.73 Å². The molecule has 0 radical (unpaired) electrons. The lowest BCUT2D eigenvalue weighted by atomic mass is 10.1. The molecule has 0 saturated carbocycles. The lowest BCUT2D eigenvalue weighted by molar-refractivity contribution is 0.690. The number of nitrogens with zero attached hydrogens (tertiary/aromatic N) is 4. The van der Waals surface area contributed by atoms with E-state index in [1.807, 2.05) is 13.2 Å². The van der Waals surface area contributed by atoms with Crippen LogP contribution in [0.15, 0.2) is 18.6 Å². The summed E-state index contributed by atoms with van der Waals surface area (Å²) in [5.41, 5.74) is 7.79. The Hall–Kier alpha value is -1.69. The summed E-state index contributed by atoms with van der Waals surface area (Å²) in [6.07, 6.45) is 6.11. The summed E-state index contributed by atoms with van der Waals surface area (Å²) in [4.78, 5) is 0. The zero-order valence-corrected chi connectivity index (χ0v) is 7.88. The lowest BCUT2D eigenvalue weighted by Crippen LogP contribution is -2.13. The van der Waals surface area contributed by atoms with Crippen molar-refractivity contribution in [3.05, 3.63) is 29.8 Å².